The molecule has 0 aliphatic heterocycles. The van der Waals surface area contributed by atoms with Crippen molar-refractivity contribution in [1.82, 2.24) is 4.98 Å². The summed E-state index contributed by atoms with van der Waals surface area (Å²) < 4.78 is 0. The number of hydrogen-bond donors (Lipinski definition) is 1. The Bertz CT molecular complexity index is 653. The fraction of sp³-hybridized carbons (Fsp3) is 0.200. The Morgan fingerprint density at radius 2 is 2.15 bits per heavy atom. The highest BCUT2D eigenvalue weighted by molar-refractivity contribution is 9.09. The van der Waals surface area contributed by atoms with Crippen molar-refractivity contribution in [1.29, 1.82) is 0 Å². The number of aromatic nitrogens is 1. The maximum atomic E-state index is 11.3. The van der Waals surface area contributed by atoms with Gasteiger partial charge in [0.05, 0.1) is 11.0 Å². The van der Waals surface area contributed by atoms with E-state index < -0.39 is 0 Å². The highest BCUT2D eigenvalue weighted by Gasteiger charge is 2.06. The highest BCUT2D eigenvalue weighted by Crippen LogP contribution is 2.25. The Kier molecular flexibility index (Phi) is 5.33. The lowest BCUT2D eigenvalue weighted by Gasteiger charge is -1.98. The van der Waals surface area contributed by atoms with Crippen molar-refractivity contribution in [2.24, 2.45) is 0 Å². The molecule has 3 nitrogen and oxygen atoms in total. The number of thiazole rings is 1. The number of carbonyl (C=O) groups is 1. The van der Waals surface area contributed by atoms with Crippen LogP contribution >= 0.6 is 27.3 Å². The van der Waals surface area contributed by atoms with E-state index in [2.05, 4.69) is 38.1 Å². The van der Waals surface area contributed by atoms with E-state index in [0.717, 1.165) is 23.2 Å². The molecule has 1 N–H and O–H groups in total. The minimum Gasteiger partial charge on any atom is -0.301 e. The number of nitrogens with zero attached hydrogens (tertiary/aromatic N) is 1. The molecule has 0 aliphatic rings. The molecule has 0 saturated carbocycles. The van der Waals surface area contributed by atoms with Crippen LogP contribution < -0.4 is 5.32 Å². The summed E-state index contributed by atoms with van der Waals surface area (Å²) in [5, 5.41) is 5.53. The van der Waals surface area contributed by atoms with Crippen LogP contribution in [0.4, 0.5) is 5.13 Å². The minimum atomic E-state index is -0.101. The monoisotopic (exact) mass is 348 g/mol. The van der Waals surface area contributed by atoms with Gasteiger partial charge in [-0.25, -0.2) is 4.98 Å². The second-order valence-electron chi connectivity index (χ2n) is 3.95. The number of nitrogens with one attached hydrogen (secondary N) is 1. The van der Waals surface area contributed by atoms with E-state index in [1.165, 1.54) is 11.3 Å². The molecule has 1 aromatic heterocycles. The Morgan fingerprint density at radius 1 is 1.40 bits per heavy atom. The van der Waals surface area contributed by atoms with Crippen LogP contribution in [0.5, 0.6) is 0 Å². The number of halogens is 1. The lowest BCUT2D eigenvalue weighted by Crippen LogP contribution is -2.11. The summed E-state index contributed by atoms with van der Waals surface area (Å²) in [6, 6.07) is 7.94. The summed E-state index contributed by atoms with van der Waals surface area (Å²) in [5.41, 5.74) is 2.87. The molecule has 0 saturated heterocycles. The molecule has 20 heavy (non-hydrogen) atoms. The maximum absolute atomic E-state index is 11.3. The van der Waals surface area contributed by atoms with Crippen molar-refractivity contribution >= 4 is 38.3 Å². The number of amides is 1. The molecule has 1 heterocycles. The summed E-state index contributed by atoms with van der Waals surface area (Å²) in [5.74, 6) is 6.02. The van der Waals surface area contributed by atoms with Gasteiger partial charge >= 0.3 is 0 Å². The Hall–Kier alpha value is -1.64. The average Bonchev–Trinajstić information content (AvgIpc) is 2.94. The van der Waals surface area contributed by atoms with E-state index in [4.69, 9.17) is 0 Å². The average molecular weight is 349 g/mol. The predicted octanol–water partition coefficient (Wildman–Crippen LogP) is 3.91. The topological polar surface area (TPSA) is 42.0 Å². The van der Waals surface area contributed by atoms with Crippen LogP contribution in [0.1, 0.15) is 18.9 Å². The summed E-state index contributed by atoms with van der Waals surface area (Å²) in [6.07, 6.45) is 0.852. The van der Waals surface area contributed by atoms with Gasteiger partial charge in [-0.1, -0.05) is 46.8 Å². The first-order valence-electron chi connectivity index (χ1n) is 6.13. The fourth-order valence-electron chi connectivity index (χ4n) is 1.53. The third kappa shape index (κ3) is 3.92. The minimum absolute atomic E-state index is 0.101. The number of alkyl halides is 1. The number of benzene rings is 1. The number of rotatable bonds is 3. The molecule has 0 atom stereocenters. The van der Waals surface area contributed by atoms with Gasteiger partial charge in [-0.2, -0.15) is 0 Å². The van der Waals surface area contributed by atoms with Crippen LogP contribution in [0.15, 0.2) is 29.6 Å². The first-order valence-corrected chi connectivity index (χ1v) is 8.13. The van der Waals surface area contributed by atoms with Crippen LogP contribution in [0.3, 0.4) is 0 Å². The third-order valence-corrected chi connectivity index (χ3v) is 3.73. The zero-order valence-corrected chi connectivity index (χ0v) is 13.3. The molecule has 0 bridgehead atoms. The van der Waals surface area contributed by atoms with E-state index in [0.29, 0.717) is 5.13 Å². The van der Waals surface area contributed by atoms with Crippen molar-refractivity contribution in [3.63, 3.8) is 0 Å². The van der Waals surface area contributed by atoms with Crippen LogP contribution in [-0.2, 0) is 4.79 Å². The molecule has 102 valence electrons. The van der Waals surface area contributed by atoms with Crippen molar-refractivity contribution in [3.05, 3.63) is 35.2 Å². The van der Waals surface area contributed by atoms with Crippen LogP contribution in [0.2, 0.25) is 0 Å². The molecule has 0 radical (unpaired) electrons. The molecule has 0 aliphatic carbocycles. The lowest BCUT2D eigenvalue weighted by atomic mass is 10.1. The Balaban J connectivity index is 2.13. The summed E-state index contributed by atoms with van der Waals surface area (Å²) >= 11 is 4.52. The molecular weight excluding hydrogens is 336 g/mol. The SMILES string of the molecule is CCC#Cc1ccc(-c2csc(NC(=O)CBr)n2)cc1. The smallest absolute Gasteiger partial charge is 0.236 e. The van der Waals surface area contributed by atoms with Crippen LogP contribution in [-0.4, -0.2) is 16.2 Å². The van der Waals surface area contributed by atoms with Gasteiger partial charge in [0.25, 0.3) is 0 Å². The molecule has 1 aromatic carbocycles. The fourth-order valence-corrected chi connectivity index (χ4v) is 2.41. The number of hydrogen-bond acceptors (Lipinski definition) is 3. The van der Waals surface area contributed by atoms with Crippen molar-refractivity contribution in [2.75, 3.05) is 10.6 Å². The summed E-state index contributed by atoms with van der Waals surface area (Å²) in [6.45, 7) is 2.03. The standard InChI is InChI=1S/C15H13BrN2OS/c1-2-3-4-11-5-7-12(8-6-11)13-10-20-15(17-13)18-14(19)9-16/h5-8,10H,2,9H2,1H3,(H,17,18,19). The lowest BCUT2D eigenvalue weighted by molar-refractivity contribution is -0.113. The predicted molar refractivity (Wildman–Crippen MR) is 87.1 cm³/mol. The third-order valence-electron chi connectivity index (χ3n) is 2.46. The molecule has 1 amide bonds. The van der Waals surface area contributed by atoms with Gasteiger partial charge in [0.2, 0.25) is 5.91 Å². The second-order valence-corrected chi connectivity index (χ2v) is 5.37. The highest BCUT2D eigenvalue weighted by atomic mass is 79.9. The molecule has 2 aromatic rings. The maximum Gasteiger partial charge on any atom is 0.236 e. The van der Waals surface area contributed by atoms with E-state index in [-0.39, 0.29) is 11.2 Å². The first kappa shape index (κ1) is 14.8. The van der Waals surface area contributed by atoms with Gasteiger partial charge in [0.1, 0.15) is 0 Å². The number of carbonyl (C=O) groups excluding carboxylic acids is 1. The van der Waals surface area contributed by atoms with Crippen molar-refractivity contribution in [3.8, 4) is 23.1 Å². The van der Waals surface area contributed by atoms with E-state index in [9.17, 15) is 4.79 Å². The van der Waals surface area contributed by atoms with Gasteiger partial charge in [-0.3, -0.25) is 4.79 Å². The zero-order chi connectivity index (χ0) is 14.4. The van der Waals surface area contributed by atoms with Gasteiger partial charge in [-0.05, 0) is 12.1 Å². The van der Waals surface area contributed by atoms with Crippen LogP contribution in [0, 0.1) is 11.8 Å². The molecule has 0 fully saturated rings. The normalized spacial score (nSPS) is 9.70. The largest absolute Gasteiger partial charge is 0.301 e. The van der Waals surface area contributed by atoms with E-state index in [1.54, 1.807) is 0 Å². The van der Waals surface area contributed by atoms with E-state index >= 15 is 0 Å². The van der Waals surface area contributed by atoms with Crippen molar-refractivity contribution < 1.29 is 4.79 Å². The zero-order valence-electron chi connectivity index (χ0n) is 10.9. The first-order chi connectivity index (χ1) is 9.72. The Morgan fingerprint density at radius 3 is 2.80 bits per heavy atom. The van der Waals surface area contributed by atoms with Gasteiger partial charge < -0.3 is 5.32 Å². The van der Waals surface area contributed by atoms with E-state index in [1.807, 2.05) is 36.6 Å². The van der Waals surface area contributed by atoms with Gasteiger partial charge in [0.15, 0.2) is 5.13 Å². The van der Waals surface area contributed by atoms with Gasteiger partial charge in [0, 0.05) is 22.9 Å². The second kappa shape index (κ2) is 7.22. The molecule has 5 heteroatoms. The molecule has 2 rings (SSSR count). The molecular formula is C15H13BrN2OS. The summed E-state index contributed by atoms with van der Waals surface area (Å²) in [4.78, 5) is 15.7. The molecule has 0 unspecified atom stereocenters. The molecule has 0 spiro atoms. The van der Waals surface area contributed by atoms with Crippen LogP contribution in [0.25, 0.3) is 11.3 Å². The van der Waals surface area contributed by atoms with Gasteiger partial charge in [-0.15, -0.1) is 11.3 Å². The van der Waals surface area contributed by atoms with Crippen molar-refractivity contribution in [2.45, 2.75) is 13.3 Å². The number of anilines is 1. The quantitative estimate of drug-likeness (QED) is 0.674. The summed E-state index contributed by atoms with van der Waals surface area (Å²) in [7, 11) is 0. The Labute approximate surface area is 130 Å².